The lowest BCUT2D eigenvalue weighted by atomic mass is 9.93. The summed E-state index contributed by atoms with van der Waals surface area (Å²) in [7, 11) is 0. The van der Waals surface area contributed by atoms with E-state index in [0.29, 0.717) is 11.1 Å². The van der Waals surface area contributed by atoms with Gasteiger partial charge in [-0.25, -0.2) is 0 Å². The summed E-state index contributed by atoms with van der Waals surface area (Å²) in [5.74, 6) is -0.243. The van der Waals surface area contributed by atoms with Crippen LogP contribution in [-0.2, 0) is 0 Å². The molecule has 2 heteroatoms. The quantitative estimate of drug-likeness (QED) is 0.617. The summed E-state index contributed by atoms with van der Waals surface area (Å²) in [4.78, 5) is 24.4. The summed E-state index contributed by atoms with van der Waals surface area (Å²) in [6.07, 6.45) is -0.0760. The van der Waals surface area contributed by atoms with Crippen molar-refractivity contribution in [1.29, 1.82) is 0 Å². The number of hydrogen-bond acceptors (Lipinski definition) is 2. The van der Waals surface area contributed by atoms with Crippen molar-refractivity contribution in [1.82, 2.24) is 0 Å². The summed E-state index contributed by atoms with van der Waals surface area (Å²) in [5, 5.41) is 0. The van der Waals surface area contributed by atoms with Crippen LogP contribution in [0.2, 0.25) is 0 Å². The summed E-state index contributed by atoms with van der Waals surface area (Å²) < 4.78 is 0. The molecule has 0 aliphatic carbocycles. The van der Waals surface area contributed by atoms with Crippen LogP contribution in [0.25, 0.3) is 0 Å². The fourth-order valence-corrected chi connectivity index (χ4v) is 2.23. The molecule has 0 aromatic heterocycles. The average molecular weight is 266 g/mol. The zero-order valence-corrected chi connectivity index (χ0v) is 12.1. The molecule has 0 aliphatic rings. The van der Waals surface area contributed by atoms with E-state index in [1.165, 1.54) is 0 Å². The van der Waals surface area contributed by atoms with Crippen molar-refractivity contribution in [2.75, 3.05) is 0 Å². The Morgan fingerprint density at radius 2 is 1.45 bits per heavy atom. The molecule has 0 N–H and O–H groups in total. The second kappa shape index (κ2) is 5.83. The minimum absolute atomic E-state index is 0.0760. The monoisotopic (exact) mass is 266 g/mol. The van der Waals surface area contributed by atoms with E-state index < -0.39 is 0 Å². The van der Waals surface area contributed by atoms with E-state index in [0.717, 1.165) is 16.7 Å². The highest BCUT2D eigenvalue weighted by Crippen LogP contribution is 2.19. The number of Topliss-reactive ketones (excluding diaryl/α,β-unsaturated/α-hetero) is 2. The largest absolute Gasteiger partial charge is 0.294 e. The normalized spacial score (nSPS) is 10.3. The van der Waals surface area contributed by atoms with E-state index >= 15 is 0 Å². The zero-order valence-electron chi connectivity index (χ0n) is 12.1. The van der Waals surface area contributed by atoms with Gasteiger partial charge in [0, 0.05) is 11.1 Å². The third kappa shape index (κ3) is 2.85. The van der Waals surface area contributed by atoms with Gasteiger partial charge in [-0.2, -0.15) is 0 Å². The van der Waals surface area contributed by atoms with Crippen molar-refractivity contribution in [2.45, 2.75) is 27.2 Å². The van der Waals surface area contributed by atoms with Gasteiger partial charge in [0.05, 0.1) is 6.42 Å². The minimum Gasteiger partial charge on any atom is -0.294 e. The van der Waals surface area contributed by atoms with Crippen molar-refractivity contribution < 1.29 is 9.59 Å². The predicted molar refractivity (Wildman–Crippen MR) is 80.4 cm³/mol. The van der Waals surface area contributed by atoms with Crippen LogP contribution in [-0.4, -0.2) is 11.6 Å². The van der Waals surface area contributed by atoms with Crippen molar-refractivity contribution in [3.8, 4) is 0 Å². The Balaban J connectivity index is 2.21. The first kappa shape index (κ1) is 14.2. The molecule has 0 saturated carbocycles. The van der Waals surface area contributed by atoms with Crippen LogP contribution in [0.15, 0.2) is 42.5 Å². The van der Waals surface area contributed by atoms with Gasteiger partial charge < -0.3 is 0 Å². The van der Waals surface area contributed by atoms with E-state index in [2.05, 4.69) is 0 Å². The Hall–Kier alpha value is -2.22. The molecule has 2 rings (SSSR count). The van der Waals surface area contributed by atoms with Gasteiger partial charge >= 0.3 is 0 Å². The molecule has 0 radical (unpaired) electrons. The van der Waals surface area contributed by atoms with Gasteiger partial charge in [0.15, 0.2) is 11.6 Å². The number of aryl methyl sites for hydroxylation is 1. The van der Waals surface area contributed by atoms with E-state index in [9.17, 15) is 9.59 Å². The molecule has 0 fully saturated rings. The van der Waals surface area contributed by atoms with Gasteiger partial charge in [0.2, 0.25) is 0 Å². The number of hydrogen-bond donors (Lipinski definition) is 0. The van der Waals surface area contributed by atoms with Crippen LogP contribution in [0.4, 0.5) is 0 Å². The van der Waals surface area contributed by atoms with Crippen LogP contribution in [0.1, 0.15) is 43.8 Å². The molecule has 0 amide bonds. The fraction of sp³-hybridized carbons (Fsp3) is 0.222. The van der Waals surface area contributed by atoms with Crippen molar-refractivity contribution >= 4 is 11.6 Å². The lowest BCUT2D eigenvalue weighted by Gasteiger charge is -2.10. The van der Waals surface area contributed by atoms with E-state index in [1.54, 1.807) is 24.3 Å². The summed E-state index contributed by atoms with van der Waals surface area (Å²) in [5.41, 5.74) is 4.48. The maximum absolute atomic E-state index is 12.3. The Labute approximate surface area is 119 Å². The van der Waals surface area contributed by atoms with E-state index in [-0.39, 0.29) is 18.0 Å². The highest BCUT2D eigenvalue weighted by Gasteiger charge is 2.16. The van der Waals surface area contributed by atoms with Gasteiger partial charge in [0.1, 0.15) is 0 Å². The Kier molecular flexibility index (Phi) is 4.14. The van der Waals surface area contributed by atoms with Gasteiger partial charge in [-0.05, 0) is 37.5 Å². The Morgan fingerprint density at radius 3 is 2.10 bits per heavy atom. The third-order valence-electron chi connectivity index (χ3n) is 3.78. The van der Waals surface area contributed by atoms with Crippen molar-refractivity contribution in [3.63, 3.8) is 0 Å². The Morgan fingerprint density at radius 1 is 0.800 bits per heavy atom. The lowest BCUT2D eigenvalue weighted by Crippen LogP contribution is -2.10. The molecule has 2 aromatic rings. The number of carbonyl (C=O) groups excluding carboxylic acids is 2. The molecule has 20 heavy (non-hydrogen) atoms. The highest BCUT2D eigenvalue weighted by atomic mass is 16.1. The lowest BCUT2D eigenvalue weighted by molar-refractivity contribution is 0.0894. The molecular formula is C18H18O2. The molecule has 0 saturated heterocycles. The van der Waals surface area contributed by atoms with Crippen LogP contribution >= 0.6 is 0 Å². The smallest absolute Gasteiger partial charge is 0.170 e. The van der Waals surface area contributed by atoms with Gasteiger partial charge in [0.25, 0.3) is 0 Å². The van der Waals surface area contributed by atoms with Crippen molar-refractivity contribution in [3.05, 3.63) is 70.3 Å². The van der Waals surface area contributed by atoms with E-state index in [1.807, 2.05) is 39.0 Å². The predicted octanol–water partition coefficient (Wildman–Crippen LogP) is 4.07. The molecule has 102 valence electrons. The topological polar surface area (TPSA) is 34.1 Å². The average Bonchev–Trinajstić information content (AvgIpc) is 2.45. The fourth-order valence-electron chi connectivity index (χ4n) is 2.23. The standard InChI is InChI=1S/C18H18O2/c1-12-9-10-16(14(3)13(12)2)18(20)11-17(19)15-7-5-4-6-8-15/h4-10H,11H2,1-3H3. The molecule has 0 heterocycles. The first-order valence-corrected chi connectivity index (χ1v) is 6.69. The second-order valence-corrected chi connectivity index (χ2v) is 5.07. The van der Waals surface area contributed by atoms with E-state index in [4.69, 9.17) is 0 Å². The third-order valence-corrected chi connectivity index (χ3v) is 3.78. The molecule has 2 aromatic carbocycles. The maximum Gasteiger partial charge on any atom is 0.170 e. The number of rotatable bonds is 4. The van der Waals surface area contributed by atoms with Crippen molar-refractivity contribution in [2.24, 2.45) is 0 Å². The number of carbonyl (C=O) groups is 2. The molecule has 0 atom stereocenters. The number of ketones is 2. The molecular weight excluding hydrogens is 248 g/mol. The van der Waals surface area contributed by atoms with Crippen LogP contribution in [0.3, 0.4) is 0 Å². The maximum atomic E-state index is 12.3. The molecule has 2 nitrogen and oxygen atoms in total. The summed E-state index contributed by atoms with van der Waals surface area (Å²) in [6.45, 7) is 5.95. The Bertz CT molecular complexity index is 655. The van der Waals surface area contributed by atoms with Crippen LogP contribution in [0, 0.1) is 20.8 Å². The first-order valence-electron chi connectivity index (χ1n) is 6.69. The SMILES string of the molecule is Cc1ccc(C(=O)CC(=O)c2ccccc2)c(C)c1C. The number of benzene rings is 2. The molecule has 0 unspecified atom stereocenters. The molecule has 0 bridgehead atoms. The van der Waals surface area contributed by atoms with Gasteiger partial charge in [-0.15, -0.1) is 0 Å². The second-order valence-electron chi connectivity index (χ2n) is 5.07. The summed E-state index contributed by atoms with van der Waals surface area (Å²) >= 11 is 0. The van der Waals surface area contributed by atoms with Gasteiger partial charge in [-0.3, -0.25) is 9.59 Å². The first-order chi connectivity index (χ1) is 9.50. The zero-order chi connectivity index (χ0) is 14.7. The molecule has 0 spiro atoms. The molecule has 0 aliphatic heterocycles. The minimum atomic E-state index is -0.131. The van der Waals surface area contributed by atoms with Crippen LogP contribution < -0.4 is 0 Å². The summed E-state index contributed by atoms with van der Waals surface area (Å²) in [6, 6.07) is 12.7. The van der Waals surface area contributed by atoms with Gasteiger partial charge in [-0.1, -0.05) is 42.5 Å². The van der Waals surface area contributed by atoms with Crippen LogP contribution in [0.5, 0.6) is 0 Å². The highest BCUT2D eigenvalue weighted by molar-refractivity contribution is 6.14.